The van der Waals surface area contributed by atoms with Crippen LogP contribution in [0.3, 0.4) is 0 Å². The highest BCUT2D eigenvalue weighted by Gasteiger charge is 2.44. The van der Waals surface area contributed by atoms with Crippen LogP contribution in [0.25, 0.3) is 0 Å². The largest absolute Gasteiger partial charge is 0.328 e. The molecule has 0 unspecified atom stereocenters. The summed E-state index contributed by atoms with van der Waals surface area (Å²) in [7, 11) is 0. The van der Waals surface area contributed by atoms with Crippen LogP contribution in [0, 0.1) is 5.41 Å². The summed E-state index contributed by atoms with van der Waals surface area (Å²) in [5.74, 6) is -0.0615. The van der Waals surface area contributed by atoms with Crippen molar-refractivity contribution in [2.24, 2.45) is 5.41 Å². The molecule has 1 N–H and O–H groups in total. The Labute approximate surface area is 82.9 Å². The summed E-state index contributed by atoms with van der Waals surface area (Å²) in [5.41, 5.74) is 1.52. The van der Waals surface area contributed by atoms with Crippen LogP contribution in [-0.4, -0.2) is 11.7 Å². The first kappa shape index (κ1) is 9.19. The lowest BCUT2D eigenvalue weighted by Gasteiger charge is -2.20. The Morgan fingerprint density at radius 3 is 2.64 bits per heavy atom. The average Bonchev–Trinajstić information content (AvgIpc) is 2.32. The van der Waals surface area contributed by atoms with Crippen LogP contribution in [0.15, 0.2) is 22.9 Å². The minimum Gasteiger partial charge on any atom is -0.328 e. The third-order valence-electron chi connectivity index (χ3n) is 2.96. The smallest absolute Gasteiger partial charge is 0.234 e. The second kappa shape index (κ2) is 2.56. The van der Waals surface area contributed by atoms with Crippen LogP contribution >= 0.6 is 0 Å². The highest BCUT2D eigenvalue weighted by atomic mass is 16.2. The van der Waals surface area contributed by atoms with Crippen molar-refractivity contribution in [3.05, 3.63) is 22.9 Å². The van der Waals surface area contributed by atoms with E-state index >= 15 is 0 Å². The number of carbonyl (C=O) groups is 2. The maximum atomic E-state index is 11.8. The second-order valence-electron chi connectivity index (χ2n) is 4.35. The first-order chi connectivity index (χ1) is 6.44. The zero-order valence-electron chi connectivity index (χ0n) is 8.60. The number of carbonyl (C=O) groups excluding carboxylic acids is 2. The van der Waals surface area contributed by atoms with Crippen molar-refractivity contribution in [2.45, 2.75) is 27.2 Å². The summed E-state index contributed by atoms with van der Waals surface area (Å²) in [5, 5.41) is 2.77. The minimum atomic E-state index is -0.665. The average molecular weight is 191 g/mol. The fourth-order valence-electron chi connectivity index (χ4n) is 1.97. The lowest BCUT2D eigenvalue weighted by molar-refractivity contribution is -0.126. The van der Waals surface area contributed by atoms with Crippen LogP contribution < -0.4 is 5.32 Å². The number of hydrogen-bond acceptors (Lipinski definition) is 2. The Morgan fingerprint density at radius 1 is 1.36 bits per heavy atom. The number of amides is 1. The minimum absolute atomic E-state index is 0.00889. The van der Waals surface area contributed by atoms with Crippen molar-refractivity contribution in [3.63, 3.8) is 0 Å². The molecule has 1 aliphatic carbocycles. The molecule has 1 heterocycles. The molecule has 0 radical (unpaired) electrons. The van der Waals surface area contributed by atoms with Gasteiger partial charge < -0.3 is 5.32 Å². The van der Waals surface area contributed by atoms with Gasteiger partial charge in [-0.05, 0) is 26.3 Å². The monoisotopic (exact) mass is 191 g/mol. The van der Waals surface area contributed by atoms with E-state index in [9.17, 15) is 9.59 Å². The third kappa shape index (κ3) is 0.983. The Kier molecular flexibility index (Phi) is 1.68. The van der Waals surface area contributed by atoms with Gasteiger partial charge in [-0.15, -0.1) is 0 Å². The van der Waals surface area contributed by atoms with Gasteiger partial charge in [-0.1, -0.05) is 6.08 Å². The molecule has 1 amide bonds. The number of ketones is 1. The van der Waals surface area contributed by atoms with Gasteiger partial charge in [0.2, 0.25) is 5.91 Å². The molecule has 3 heteroatoms. The molecule has 1 aliphatic heterocycles. The maximum absolute atomic E-state index is 11.8. The maximum Gasteiger partial charge on any atom is 0.234 e. The predicted octanol–water partition coefficient (Wildman–Crippen LogP) is 1.32. The topological polar surface area (TPSA) is 46.2 Å². The first-order valence-electron chi connectivity index (χ1n) is 4.71. The van der Waals surface area contributed by atoms with Crippen molar-refractivity contribution in [1.29, 1.82) is 0 Å². The molecule has 2 rings (SSSR count). The molecular formula is C11H13NO2. The van der Waals surface area contributed by atoms with Crippen molar-refractivity contribution in [1.82, 2.24) is 5.32 Å². The van der Waals surface area contributed by atoms with E-state index in [1.54, 1.807) is 20.8 Å². The van der Waals surface area contributed by atoms with E-state index in [-0.39, 0.29) is 11.7 Å². The number of hydrogen-bond donors (Lipinski definition) is 1. The van der Waals surface area contributed by atoms with Gasteiger partial charge in [-0.3, -0.25) is 9.59 Å². The molecule has 0 atom stereocenters. The standard InChI is InChI=1S/C11H13NO2/c1-6-4-5-7-8(9(6)13)11(2,3)10(14)12-7/h4H,5H2,1-3H3,(H,12,14). The Bertz CT molecular complexity index is 400. The Hall–Kier alpha value is -1.38. The van der Waals surface area contributed by atoms with E-state index in [0.717, 1.165) is 11.3 Å². The lowest BCUT2D eigenvalue weighted by Crippen LogP contribution is -2.30. The van der Waals surface area contributed by atoms with Gasteiger partial charge >= 0.3 is 0 Å². The van der Waals surface area contributed by atoms with Crippen LogP contribution in [0.1, 0.15) is 27.2 Å². The Morgan fingerprint density at radius 2 is 2.00 bits per heavy atom. The van der Waals surface area contributed by atoms with E-state index in [1.165, 1.54) is 0 Å². The first-order valence-corrected chi connectivity index (χ1v) is 4.71. The summed E-state index contributed by atoms with van der Waals surface area (Å²) < 4.78 is 0. The normalized spacial score (nSPS) is 24.6. The van der Waals surface area contributed by atoms with Gasteiger partial charge in [-0.25, -0.2) is 0 Å². The highest BCUT2D eigenvalue weighted by Crippen LogP contribution is 2.39. The molecule has 0 aromatic carbocycles. The second-order valence-corrected chi connectivity index (χ2v) is 4.35. The van der Waals surface area contributed by atoms with Gasteiger partial charge in [0.1, 0.15) is 0 Å². The van der Waals surface area contributed by atoms with E-state index in [4.69, 9.17) is 0 Å². The summed E-state index contributed by atoms with van der Waals surface area (Å²) in [6.45, 7) is 5.38. The molecule has 74 valence electrons. The van der Waals surface area contributed by atoms with E-state index in [1.807, 2.05) is 6.08 Å². The van der Waals surface area contributed by atoms with Crippen LogP contribution in [0.2, 0.25) is 0 Å². The molecule has 0 saturated heterocycles. The molecule has 0 saturated carbocycles. The molecule has 0 bridgehead atoms. The fourth-order valence-corrected chi connectivity index (χ4v) is 1.97. The summed E-state index contributed by atoms with van der Waals surface area (Å²) in [6.07, 6.45) is 2.53. The van der Waals surface area contributed by atoms with Crippen molar-refractivity contribution >= 4 is 11.7 Å². The summed E-state index contributed by atoms with van der Waals surface area (Å²) >= 11 is 0. The predicted molar refractivity (Wildman–Crippen MR) is 52.3 cm³/mol. The SMILES string of the molecule is CC1=CCC2=C(C1=O)C(C)(C)C(=O)N2. The lowest BCUT2D eigenvalue weighted by atomic mass is 9.79. The van der Waals surface area contributed by atoms with Crippen molar-refractivity contribution in [2.75, 3.05) is 0 Å². The molecule has 3 nitrogen and oxygen atoms in total. The molecule has 2 aliphatic rings. The number of rotatable bonds is 0. The van der Waals surface area contributed by atoms with Gasteiger partial charge in [0, 0.05) is 17.7 Å². The fraction of sp³-hybridized carbons (Fsp3) is 0.455. The zero-order valence-corrected chi connectivity index (χ0v) is 8.60. The van der Waals surface area contributed by atoms with Crippen molar-refractivity contribution < 1.29 is 9.59 Å². The molecule has 0 spiro atoms. The number of allylic oxidation sites excluding steroid dienone is 2. The summed E-state index contributed by atoms with van der Waals surface area (Å²) in [6, 6.07) is 0. The van der Waals surface area contributed by atoms with E-state index < -0.39 is 5.41 Å². The summed E-state index contributed by atoms with van der Waals surface area (Å²) in [4.78, 5) is 23.4. The van der Waals surface area contributed by atoms with Gasteiger partial charge in [-0.2, -0.15) is 0 Å². The van der Waals surface area contributed by atoms with Gasteiger partial charge in [0.25, 0.3) is 0 Å². The van der Waals surface area contributed by atoms with Gasteiger partial charge in [0.15, 0.2) is 5.78 Å². The quantitative estimate of drug-likeness (QED) is 0.627. The Balaban J connectivity index is 2.51. The van der Waals surface area contributed by atoms with Crippen LogP contribution in [0.4, 0.5) is 0 Å². The highest BCUT2D eigenvalue weighted by molar-refractivity contribution is 6.16. The third-order valence-corrected chi connectivity index (χ3v) is 2.96. The molecule has 0 fully saturated rings. The number of Topliss-reactive ketones (excluding diaryl/α,β-unsaturated/α-hetero) is 1. The van der Waals surface area contributed by atoms with Crippen molar-refractivity contribution in [3.8, 4) is 0 Å². The number of nitrogens with one attached hydrogen (secondary N) is 1. The molecular weight excluding hydrogens is 178 g/mol. The zero-order chi connectivity index (χ0) is 10.5. The van der Waals surface area contributed by atoms with E-state index in [0.29, 0.717) is 12.0 Å². The van der Waals surface area contributed by atoms with Crippen LogP contribution in [-0.2, 0) is 9.59 Å². The molecule has 14 heavy (non-hydrogen) atoms. The van der Waals surface area contributed by atoms with Crippen LogP contribution in [0.5, 0.6) is 0 Å². The van der Waals surface area contributed by atoms with E-state index in [2.05, 4.69) is 5.32 Å². The molecule has 0 aromatic heterocycles. The molecule has 0 aromatic rings. The van der Waals surface area contributed by atoms with Gasteiger partial charge in [0.05, 0.1) is 5.41 Å².